The fourth-order valence-electron chi connectivity index (χ4n) is 3.13. The molecule has 0 saturated carbocycles. The summed E-state index contributed by atoms with van der Waals surface area (Å²) in [4.78, 5) is 35.2. The summed E-state index contributed by atoms with van der Waals surface area (Å²) in [5.74, 6) is -0.162. The Morgan fingerprint density at radius 1 is 1.08 bits per heavy atom. The summed E-state index contributed by atoms with van der Waals surface area (Å²) >= 11 is 0. The number of carbonyl (C=O) groups is 2. The number of pyridine rings is 2. The minimum Gasteiger partial charge on any atom is -0.345 e. The first kappa shape index (κ1) is 17.1. The molecule has 130 valence electrons. The van der Waals surface area contributed by atoms with E-state index in [1.165, 1.54) is 0 Å². The molecule has 2 amide bonds. The first-order valence-corrected chi connectivity index (χ1v) is 8.33. The zero-order chi connectivity index (χ0) is 18.0. The molecule has 1 fully saturated rings. The molecule has 0 radical (unpaired) electrons. The Hall–Kier alpha value is -2.76. The molecule has 25 heavy (non-hydrogen) atoms. The Labute approximate surface area is 147 Å². The standard InChI is InChI=1S/C19H22N4O2/c1-13-10-15(4-7-20-13)17(24)22-19(3)6-9-23(12-19)18(25)16-5-8-21-14(2)11-16/h4-5,7-8,10-11H,6,9,12H2,1-3H3,(H,22,24). The van der Waals surface area contributed by atoms with E-state index in [0.29, 0.717) is 24.2 Å². The van der Waals surface area contributed by atoms with Crippen LogP contribution in [0.25, 0.3) is 0 Å². The van der Waals surface area contributed by atoms with Gasteiger partial charge in [0.1, 0.15) is 0 Å². The van der Waals surface area contributed by atoms with E-state index in [0.717, 1.165) is 17.8 Å². The maximum Gasteiger partial charge on any atom is 0.254 e. The van der Waals surface area contributed by atoms with Crippen LogP contribution in [-0.4, -0.2) is 45.3 Å². The third-order valence-electron chi connectivity index (χ3n) is 4.48. The maximum atomic E-state index is 12.7. The molecule has 2 aromatic heterocycles. The number of amides is 2. The van der Waals surface area contributed by atoms with Gasteiger partial charge in [-0.05, 0) is 51.5 Å². The first-order valence-electron chi connectivity index (χ1n) is 8.33. The Morgan fingerprint density at radius 3 is 2.32 bits per heavy atom. The summed E-state index contributed by atoms with van der Waals surface area (Å²) in [6.45, 7) is 6.80. The predicted molar refractivity (Wildman–Crippen MR) is 94.3 cm³/mol. The van der Waals surface area contributed by atoms with E-state index in [2.05, 4.69) is 15.3 Å². The molecule has 6 nitrogen and oxygen atoms in total. The largest absolute Gasteiger partial charge is 0.345 e. The minimum atomic E-state index is -0.438. The van der Waals surface area contributed by atoms with Crippen LogP contribution in [0.2, 0.25) is 0 Å². The van der Waals surface area contributed by atoms with Crippen molar-refractivity contribution in [2.75, 3.05) is 13.1 Å². The summed E-state index contributed by atoms with van der Waals surface area (Å²) in [6, 6.07) is 6.97. The Bertz CT molecular complexity index is 821. The number of aryl methyl sites for hydroxylation is 2. The summed E-state index contributed by atoms with van der Waals surface area (Å²) in [5.41, 5.74) is 2.39. The van der Waals surface area contributed by atoms with Crippen LogP contribution in [0.3, 0.4) is 0 Å². The Kier molecular flexibility index (Phi) is 4.53. The summed E-state index contributed by atoms with van der Waals surface area (Å²) in [7, 11) is 0. The number of hydrogen-bond acceptors (Lipinski definition) is 4. The molecular formula is C19H22N4O2. The van der Waals surface area contributed by atoms with E-state index in [4.69, 9.17) is 0 Å². The van der Waals surface area contributed by atoms with Gasteiger partial charge >= 0.3 is 0 Å². The number of rotatable bonds is 3. The van der Waals surface area contributed by atoms with Crippen molar-refractivity contribution < 1.29 is 9.59 Å². The maximum absolute atomic E-state index is 12.7. The normalized spacial score (nSPS) is 19.7. The van der Waals surface area contributed by atoms with Crippen molar-refractivity contribution in [3.8, 4) is 0 Å². The second kappa shape index (κ2) is 6.63. The highest BCUT2D eigenvalue weighted by Gasteiger charge is 2.37. The number of hydrogen-bond donors (Lipinski definition) is 1. The second-order valence-corrected chi connectivity index (χ2v) is 6.86. The van der Waals surface area contributed by atoms with Gasteiger partial charge in [-0.25, -0.2) is 0 Å². The summed E-state index contributed by atoms with van der Waals surface area (Å²) in [6.07, 6.45) is 3.99. The van der Waals surface area contributed by atoms with Crippen LogP contribution in [0, 0.1) is 13.8 Å². The zero-order valence-corrected chi connectivity index (χ0v) is 14.7. The van der Waals surface area contributed by atoms with Gasteiger partial charge in [-0.1, -0.05) is 0 Å². The van der Waals surface area contributed by atoms with Gasteiger partial charge in [0.25, 0.3) is 11.8 Å². The van der Waals surface area contributed by atoms with E-state index in [1.807, 2.05) is 20.8 Å². The predicted octanol–water partition coefficient (Wildman–Crippen LogP) is 2.13. The quantitative estimate of drug-likeness (QED) is 0.930. The Balaban J connectivity index is 1.68. The van der Waals surface area contributed by atoms with Crippen molar-refractivity contribution in [3.05, 3.63) is 59.2 Å². The van der Waals surface area contributed by atoms with Crippen LogP contribution in [0.15, 0.2) is 36.7 Å². The number of aromatic nitrogens is 2. The topological polar surface area (TPSA) is 75.2 Å². The van der Waals surface area contributed by atoms with E-state index < -0.39 is 5.54 Å². The fourth-order valence-corrected chi connectivity index (χ4v) is 3.13. The van der Waals surface area contributed by atoms with Gasteiger partial charge in [0.05, 0.1) is 5.54 Å². The van der Waals surface area contributed by atoms with Gasteiger partial charge in [-0.15, -0.1) is 0 Å². The first-order chi connectivity index (χ1) is 11.9. The molecule has 0 bridgehead atoms. The highest BCUT2D eigenvalue weighted by Crippen LogP contribution is 2.23. The lowest BCUT2D eigenvalue weighted by Crippen LogP contribution is -2.48. The lowest BCUT2D eigenvalue weighted by atomic mass is 10.0. The van der Waals surface area contributed by atoms with Crippen molar-refractivity contribution in [1.29, 1.82) is 0 Å². The third-order valence-corrected chi connectivity index (χ3v) is 4.48. The molecule has 1 aliphatic heterocycles. The molecule has 3 heterocycles. The van der Waals surface area contributed by atoms with Crippen molar-refractivity contribution in [2.45, 2.75) is 32.7 Å². The molecular weight excluding hydrogens is 316 g/mol. The molecule has 1 atom stereocenters. The molecule has 3 rings (SSSR count). The second-order valence-electron chi connectivity index (χ2n) is 6.86. The molecule has 1 aliphatic rings. The monoisotopic (exact) mass is 338 g/mol. The smallest absolute Gasteiger partial charge is 0.254 e. The molecule has 1 saturated heterocycles. The lowest BCUT2D eigenvalue weighted by Gasteiger charge is -2.26. The molecule has 0 aromatic carbocycles. The Morgan fingerprint density at radius 2 is 1.68 bits per heavy atom. The summed E-state index contributed by atoms with van der Waals surface area (Å²) in [5, 5.41) is 3.07. The van der Waals surface area contributed by atoms with Crippen LogP contribution in [0.4, 0.5) is 0 Å². The van der Waals surface area contributed by atoms with Crippen LogP contribution in [0.5, 0.6) is 0 Å². The molecule has 0 spiro atoms. The molecule has 0 aliphatic carbocycles. The fraction of sp³-hybridized carbons (Fsp3) is 0.368. The third kappa shape index (κ3) is 3.84. The SMILES string of the molecule is Cc1cc(C(=O)NC2(C)CCN(C(=O)c3ccnc(C)c3)C2)ccn1. The van der Waals surface area contributed by atoms with Crippen molar-refractivity contribution in [2.24, 2.45) is 0 Å². The van der Waals surface area contributed by atoms with Crippen molar-refractivity contribution in [1.82, 2.24) is 20.2 Å². The van der Waals surface area contributed by atoms with Crippen LogP contribution in [-0.2, 0) is 0 Å². The number of nitrogens with zero attached hydrogens (tertiary/aromatic N) is 3. The highest BCUT2D eigenvalue weighted by molar-refractivity contribution is 5.96. The van der Waals surface area contributed by atoms with E-state index in [9.17, 15) is 9.59 Å². The summed E-state index contributed by atoms with van der Waals surface area (Å²) < 4.78 is 0. The molecule has 6 heteroatoms. The van der Waals surface area contributed by atoms with Gasteiger partial charge in [-0.3, -0.25) is 19.6 Å². The van der Waals surface area contributed by atoms with Crippen LogP contribution < -0.4 is 5.32 Å². The average molecular weight is 338 g/mol. The molecule has 2 aromatic rings. The average Bonchev–Trinajstić information content (AvgIpc) is 2.96. The number of likely N-dealkylation sites (tertiary alicyclic amines) is 1. The van der Waals surface area contributed by atoms with Crippen LogP contribution >= 0.6 is 0 Å². The lowest BCUT2D eigenvalue weighted by molar-refractivity contribution is 0.0769. The highest BCUT2D eigenvalue weighted by atomic mass is 16.2. The zero-order valence-electron chi connectivity index (χ0n) is 14.7. The molecule has 1 unspecified atom stereocenters. The van der Waals surface area contributed by atoms with E-state index >= 15 is 0 Å². The number of nitrogens with one attached hydrogen (secondary N) is 1. The minimum absolute atomic E-state index is 0.0248. The van der Waals surface area contributed by atoms with Crippen molar-refractivity contribution >= 4 is 11.8 Å². The van der Waals surface area contributed by atoms with Gasteiger partial charge in [0.2, 0.25) is 0 Å². The van der Waals surface area contributed by atoms with Gasteiger partial charge in [0, 0.05) is 48.0 Å². The number of carbonyl (C=O) groups excluding carboxylic acids is 2. The van der Waals surface area contributed by atoms with Gasteiger partial charge < -0.3 is 10.2 Å². The van der Waals surface area contributed by atoms with Gasteiger partial charge in [-0.2, -0.15) is 0 Å². The van der Waals surface area contributed by atoms with E-state index in [-0.39, 0.29) is 11.8 Å². The van der Waals surface area contributed by atoms with E-state index in [1.54, 1.807) is 41.6 Å². The molecule has 1 N–H and O–H groups in total. The van der Waals surface area contributed by atoms with Crippen LogP contribution in [0.1, 0.15) is 45.4 Å². The van der Waals surface area contributed by atoms with Gasteiger partial charge in [0.15, 0.2) is 0 Å². The van der Waals surface area contributed by atoms with Crippen molar-refractivity contribution in [3.63, 3.8) is 0 Å².